The van der Waals surface area contributed by atoms with Crippen molar-refractivity contribution in [1.82, 2.24) is 10.2 Å². The van der Waals surface area contributed by atoms with Gasteiger partial charge in [0.2, 0.25) is 0 Å². The molecule has 1 aromatic heterocycles. The molecule has 5 nitrogen and oxygen atoms in total. The van der Waals surface area contributed by atoms with Crippen molar-refractivity contribution < 1.29 is 0 Å². The lowest BCUT2D eigenvalue weighted by Crippen LogP contribution is -2.28. The summed E-state index contributed by atoms with van der Waals surface area (Å²) in [5, 5.41) is 16.4. The van der Waals surface area contributed by atoms with E-state index in [0.717, 1.165) is 35.5 Å². The first-order valence-corrected chi connectivity index (χ1v) is 6.55. The predicted molar refractivity (Wildman–Crippen MR) is 73.2 cm³/mol. The second kappa shape index (κ2) is 4.92. The zero-order chi connectivity index (χ0) is 13.3. The molecule has 3 N–H and O–H groups in total. The summed E-state index contributed by atoms with van der Waals surface area (Å²) in [6, 6.07) is 0.537. The summed E-state index contributed by atoms with van der Waals surface area (Å²) < 4.78 is 0. The number of anilines is 1. The number of aryl methyl sites for hydroxylation is 1. The zero-order valence-corrected chi connectivity index (χ0v) is 11.3. The summed E-state index contributed by atoms with van der Waals surface area (Å²) >= 11 is 0. The molecule has 2 rings (SSSR count). The molecule has 0 saturated heterocycles. The van der Waals surface area contributed by atoms with Gasteiger partial charge >= 0.3 is 0 Å². The Morgan fingerprint density at radius 3 is 2.44 bits per heavy atom. The van der Waals surface area contributed by atoms with Crippen LogP contribution in [-0.2, 0) is 12.8 Å². The van der Waals surface area contributed by atoms with E-state index in [2.05, 4.69) is 28.9 Å². The van der Waals surface area contributed by atoms with E-state index in [0.29, 0.717) is 6.04 Å². The van der Waals surface area contributed by atoms with E-state index >= 15 is 0 Å². The molecule has 0 amide bonds. The fraction of sp³-hybridized carbons (Fsp3) is 0.615. The Labute approximate surface area is 108 Å². The second-order valence-electron chi connectivity index (χ2n) is 4.79. The topological polar surface area (TPSA) is 78.9 Å². The number of rotatable bonds is 5. The lowest BCUT2D eigenvalue weighted by Gasteiger charge is -2.22. The highest BCUT2D eigenvalue weighted by atomic mass is 15.3. The first kappa shape index (κ1) is 12.8. The van der Waals surface area contributed by atoms with E-state index in [1.807, 2.05) is 7.05 Å². The first-order chi connectivity index (χ1) is 8.60. The summed E-state index contributed by atoms with van der Waals surface area (Å²) in [5.41, 5.74) is 8.56. The number of hydrogen-bond donors (Lipinski definition) is 2. The molecule has 0 bridgehead atoms. The van der Waals surface area contributed by atoms with Crippen molar-refractivity contribution in [1.29, 1.82) is 5.41 Å². The highest BCUT2D eigenvalue weighted by Gasteiger charge is 2.30. The van der Waals surface area contributed by atoms with Crippen LogP contribution in [0.15, 0.2) is 0 Å². The molecule has 0 atom stereocenters. The van der Waals surface area contributed by atoms with Crippen LogP contribution < -0.4 is 10.6 Å². The van der Waals surface area contributed by atoms with E-state index in [-0.39, 0.29) is 5.84 Å². The van der Waals surface area contributed by atoms with Crippen molar-refractivity contribution >= 4 is 11.7 Å². The number of nitrogen functional groups attached to an aromatic ring is 1. The van der Waals surface area contributed by atoms with Gasteiger partial charge in [-0.2, -0.15) is 5.10 Å². The van der Waals surface area contributed by atoms with Gasteiger partial charge < -0.3 is 10.6 Å². The molecule has 0 aliphatic heterocycles. The molecule has 0 radical (unpaired) electrons. The monoisotopic (exact) mass is 247 g/mol. The van der Waals surface area contributed by atoms with Crippen molar-refractivity contribution in [3.63, 3.8) is 0 Å². The third kappa shape index (κ3) is 2.17. The normalized spacial score (nSPS) is 14.6. The van der Waals surface area contributed by atoms with Gasteiger partial charge in [-0.25, -0.2) is 0 Å². The minimum Gasteiger partial charge on any atom is -0.384 e. The minimum atomic E-state index is 0.0963. The highest BCUT2D eigenvalue weighted by Crippen LogP contribution is 2.32. The molecule has 0 spiro atoms. The molecule has 1 saturated carbocycles. The number of hydrogen-bond acceptors (Lipinski definition) is 4. The Morgan fingerprint density at radius 1 is 1.33 bits per heavy atom. The van der Waals surface area contributed by atoms with Crippen molar-refractivity contribution in [2.45, 2.75) is 45.6 Å². The van der Waals surface area contributed by atoms with Gasteiger partial charge in [0.05, 0.1) is 11.3 Å². The average molecular weight is 247 g/mol. The van der Waals surface area contributed by atoms with E-state index < -0.39 is 0 Å². The largest absolute Gasteiger partial charge is 0.384 e. The Hall–Kier alpha value is -1.65. The lowest BCUT2D eigenvalue weighted by molar-refractivity contribution is 0.817. The quantitative estimate of drug-likeness (QED) is 0.610. The number of nitrogens with zero attached hydrogens (tertiary/aromatic N) is 3. The van der Waals surface area contributed by atoms with Gasteiger partial charge in [-0.05, 0) is 31.2 Å². The van der Waals surface area contributed by atoms with Gasteiger partial charge in [0.15, 0.2) is 5.82 Å². The van der Waals surface area contributed by atoms with Gasteiger partial charge in [0.25, 0.3) is 0 Å². The van der Waals surface area contributed by atoms with Crippen LogP contribution in [0.1, 0.15) is 43.5 Å². The molecule has 1 heterocycles. The third-order valence-electron chi connectivity index (χ3n) is 3.53. The molecule has 5 heteroatoms. The van der Waals surface area contributed by atoms with Gasteiger partial charge in [-0.3, -0.25) is 5.41 Å². The number of aromatic nitrogens is 2. The summed E-state index contributed by atoms with van der Waals surface area (Å²) in [6.45, 7) is 4.13. The molecule has 1 aliphatic rings. The van der Waals surface area contributed by atoms with E-state index in [1.165, 1.54) is 12.8 Å². The number of nitrogens with one attached hydrogen (secondary N) is 1. The van der Waals surface area contributed by atoms with Crippen molar-refractivity contribution in [3.8, 4) is 0 Å². The van der Waals surface area contributed by atoms with Crippen molar-refractivity contribution in [2.24, 2.45) is 5.73 Å². The van der Waals surface area contributed by atoms with E-state index in [9.17, 15) is 0 Å². The third-order valence-corrected chi connectivity index (χ3v) is 3.53. The van der Waals surface area contributed by atoms with Crippen LogP contribution in [0.2, 0.25) is 0 Å². The van der Waals surface area contributed by atoms with Crippen LogP contribution in [-0.4, -0.2) is 29.1 Å². The molecule has 1 aliphatic carbocycles. The summed E-state index contributed by atoms with van der Waals surface area (Å²) in [6.07, 6.45) is 4.03. The lowest BCUT2D eigenvalue weighted by atomic mass is 10.0. The maximum Gasteiger partial charge on any atom is 0.162 e. The average Bonchev–Trinajstić information content (AvgIpc) is 3.19. The SMILES string of the molecule is CCc1nnc(N(C)C2CC2)c(C(=N)N)c1CC. The van der Waals surface area contributed by atoms with Gasteiger partial charge in [-0.1, -0.05) is 13.8 Å². The van der Waals surface area contributed by atoms with Gasteiger partial charge in [0.1, 0.15) is 5.84 Å². The number of amidine groups is 1. The summed E-state index contributed by atoms with van der Waals surface area (Å²) in [7, 11) is 2.01. The van der Waals surface area contributed by atoms with E-state index in [4.69, 9.17) is 11.1 Å². The Balaban J connectivity index is 2.54. The summed E-state index contributed by atoms with van der Waals surface area (Å²) in [4.78, 5) is 2.11. The number of nitrogens with two attached hydrogens (primary N) is 1. The molecule has 0 aromatic carbocycles. The second-order valence-corrected chi connectivity index (χ2v) is 4.79. The van der Waals surface area contributed by atoms with Crippen LogP contribution >= 0.6 is 0 Å². The van der Waals surface area contributed by atoms with Gasteiger partial charge in [-0.15, -0.1) is 5.10 Å². The first-order valence-electron chi connectivity index (χ1n) is 6.55. The molecule has 18 heavy (non-hydrogen) atoms. The van der Waals surface area contributed by atoms with Crippen molar-refractivity contribution in [3.05, 3.63) is 16.8 Å². The van der Waals surface area contributed by atoms with Gasteiger partial charge in [0, 0.05) is 13.1 Å². The Bertz CT molecular complexity index is 465. The molecular weight excluding hydrogens is 226 g/mol. The van der Waals surface area contributed by atoms with Crippen LogP contribution in [0.25, 0.3) is 0 Å². The fourth-order valence-electron chi connectivity index (χ4n) is 2.33. The highest BCUT2D eigenvalue weighted by molar-refractivity contribution is 6.01. The van der Waals surface area contributed by atoms with Crippen LogP contribution in [0.5, 0.6) is 0 Å². The standard InChI is InChI=1S/C13H21N5/c1-4-9-10(5-2)16-17-13(11(9)12(14)15)18(3)8-6-7-8/h8H,4-7H2,1-3H3,(H3,14,15). The molecular formula is C13H21N5. The van der Waals surface area contributed by atoms with Crippen LogP contribution in [0.3, 0.4) is 0 Å². The molecule has 1 fully saturated rings. The maximum atomic E-state index is 7.83. The zero-order valence-electron chi connectivity index (χ0n) is 11.3. The predicted octanol–water partition coefficient (Wildman–Crippen LogP) is 1.48. The Morgan fingerprint density at radius 2 is 2.00 bits per heavy atom. The fourth-order valence-corrected chi connectivity index (χ4v) is 2.33. The minimum absolute atomic E-state index is 0.0963. The maximum absolute atomic E-state index is 7.83. The van der Waals surface area contributed by atoms with E-state index in [1.54, 1.807) is 0 Å². The van der Waals surface area contributed by atoms with Crippen LogP contribution in [0, 0.1) is 5.41 Å². The molecule has 1 aromatic rings. The molecule has 0 unspecified atom stereocenters. The van der Waals surface area contributed by atoms with Crippen LogP contribution in [0.4, 0.5) is 5.82 Å². The summed E-state index contributed by atoms with van der Waals surface area (Å²) in [5.74, 6) is 0.859. The smallest absolute Gasteiger partial charge is 0.162 e. The van der Waals surface area contributed by atoms with Crippen molar-refractivity contribution in [2.75, 3.05) is 11.9 Å². The Kier molecular flexibility index (Phi) is 3.50. The molecule has 98 valence electrons.